The summed E-state index contributed by atoms with van der Waals surface area (Å²) in [6.07, 6.45) is 1.86. The predicted molar refractivity (Wildman–Crippen MR) is 183 cm³/mol. The Morgan fingerprint density at radius 3 is 2.17 bits per heavy atom. The number of sulfonamides is 1. The van der Waals surface area contributed by atoms with E-state index in [0.29, 0.717) is 22.9 Å². The van der Waals surface area contributed by atoms with Gasteiger partial charge in [-0.2, -0.15) is 0 Å². The molecule has 0 heterocycles. The number of hydrogen-bond donors (Lipinski definition) is 1. The molecule has 4 rings (SSSR count). The molecule has 1 N–H and O–H groups in total. The van der Waals surface area contributed by atoms with E-state index in [0.717, 1.165) is 22.7 Å². The molecule has 0 fully saturated rings. The first-order valence-electron chi connectivity index (χ1n) is 14.9. The summed E-state index contributed by atoms with van der Waals surface area (Å²) in [6.45, 7) is 1.88. The fourth-order valence-corrected chi connectivity index (χ4v) is 6.84. The van der Waals surface area contributed by atoms with Crippen molar-refractivity contribution in [1.82, 2.24) is 10.2 Å². The summed E-state index contributed by atoms with van der Waals surface area (Å²) in [6, 6.07) is 27.8. The van der Waals surface area contributed by atoms with Crippen molar-refractivity contribution in [2.45, 2.75) is 43.7 Å². The number of benzene rings is 4. The van der Waals surface area contributed by atoms with E-state index in [4.69, 9.17) is 27.9 Å². The highest BCUT2D eigenvalue weighted by atomic mass is 35.5. The molecular weight excluding hydrogens is 645 g/mol. The largest absolute Gasteiger partial charge is 0.495 e. The summed E-state index contributed by atoms with van der Waals surface area (Å²) in [7, 11) is -2.80. The minimum Gasteiger partial charge on any atom is -0.495 e. The minimum absolute atomic E-state index is 0.00530. The van der Waals surface area contributed by atoms with Gasteiger partial charge in [-0.25, -0.2) is 8.42 Å². The molecule has 0 unspecified atom stereocenters. The van der Waals surface area contributed by atoms with Gasteiger partial charge >= 0.3 is 0 Å². The van der Waals surface area contributed by atoms with Crippen LogP contribution in [0.15, 0.2) is 108 Å². The van der Waals surface area contributed by atoms with Crippen molar-refractivity contribution in [2.75, 3.05) is 24.5 Å². The Balaban J connectivity index is 1.81. The Morgan fingerprint density at radius 1 is 0.870 bits per heavy atom. The second-order valence-corrected chi connectivity index (χ2v) is 13.4. The molecule has 1 atom stereocenters. The van der Waals surface area contributed by atoms with E-state index in [9.17, 15) is 18.0 Å². The Kier molecular flexibility index (Phi) is 12.5. The molecule has 0 aromatic heterocycles. The normalized spacial score (nSPS) is 11.8. The van der Waals surface area contributed by atoms with E-state index in [1.807, 2.05) is 43.3 Å². The molecule has 0 saturated carbocycles. The van der Waals surface area contributed by atoms with Crippen LogP contribution < -0.4 is 14.4 Å². The highest BCUT2D eigenvalue weighted by Gasteiger charge is 2.34. The zero-order valence-corrected chi connectivity index (χ0v) is 28.1. The summed E-state index contributed by atoms with van der Waals surface area (Å²) >= 11 is 12.7. The lowest BCUT2D eigenvalue weighted by Gasteiger charge is -2.34. The van der Waals surface area contributed by atoms with Crippen LogP contribution >= 0.6 is 23.2 Å². The molecule has 0 spiro atoms. The third-order valence-corrected chi connectivity index (χ3v) is 9.69. The van der Waals surface area contributed by atoms with E-state index in [2.05, 4.69) is 5.32 Å². The number of nitrogens with zero attached hydrogens (tertiary/aromatic N) is 2. The van der Waals surface area contributed by atoms with Gasteiger partial charge in [0, 0.05) is 24.5 Å². The molecule has 0 aliphatic heterocycles. The van der Waals surface area contributed by atoms with Gasteiger partial charge in [-0.3, -0.25) is 13.9 Å². The van der Waals surface area contributed by atoms with Crippen LogP contribution in [0.3, 0.4) is 0 Å². The van der Waals surface area contributed by atoms with Crippen molar-refractivity contribution in [3.63, 3.8) is 0 Å². The van der Waals surface area contributed by atoms with Gasteiger partial charge in [0.2, 0.25) is 11.8 Å². The van der Waals surface area contributed by atoms with E-state index in [-0.39, 0.29) is 34.5 Å². The highest BCUT2D eigenvalue weighted by Crippen LogP contribution is 2.32. The zero-order chi connectivity index (χ0) is 33.1. The molecule has 2 amide bonds. The number of rotatable bonds is 15. The van der Waals surface area contributed by atoms with Crippen LogP contribution in [0.1, 0.15) is 30.9 Å². The number of carbonyl (C=O) groups excluding carboxylic acids is 2. The molecule has 4 aromatic rings. The standard InChI is InChI=1S/C35H37Cl2N3O5S/c1-3-4-20-38-35(42)32(22-26-12-7-5-8-13-26)39(24-27-14-11-15-28(36)21-27)34(41)25-40(29-18-19-33(45-2)31(37)23-29)46(43,44)30-16-9-6-10-17-30/h5-19,21,23,32H,3-4,20,22,24-25H2,1-2H3,(H,38,42)/t32-/m0/s1. The van der Waals surface area contributed by atoms with E-state index in [1.54, 1.807) is 42.5 Å². The van der Waals surface area contributed by atoms with Crippen LogP contribution in [0.5, 0.6) is 5.75 Å². The van der Waals surface area contributed by atoms with Crippen LogP contribution in [-0.2, 0) is 32.6 Å². The Bertz CT molecular complexity index is 1720. The third kappa shape index (κ3) is 9.02. The highest BCUT2D eigenvalue weighted by molar-refractivity contribution is 7.92. The summed E-state index contributed by atoms with van der Waals surface area (Å²) in [5.41, 5.74) is 1.70. The quantitative estimate of drug-likeness (QED) is 0.140. The molecule has 4 aromatic carbocycles. The molecule has 0 aliphatic rings. The topological polar surface area (TPSA) is 96.0 Å². The fourth-order valence-electron chi connectivity index (χ4n) is 4.95. The lowest BCUT2D eigenvalue weighted by atomic mass is 10.0. The van der Waals surface area contributed by atoms with Crippen molar-refractivity contribution in [3.05, 3.63) is 124 Å². The molecule has 11 heteroatoms. The van der Waals surface area contributed by atoms with E-state index in [1.165, 1.54) is 36.3 Å². The molecule has 0 saturated heterocycles. The Hall–Kier alpha value is -4.05. The Labute approximate surface area is 280 Å². The zero-order valence-electron chi connectivity index (χ0n) is 25.7. The maximum atomic E-state index is 14.5. The van der Waals surface area contributed by atoms with Gasteiger partial charge in [-0.1, -0.05) is 97.2 Å². The number of hydrogen-bond acceptors (Lipinski definition) is 5. The van der Waals surface area contributed by atoms with Crippen LogP contribution in [0.2, 0.25) is 10.0 Å². The van der Waals surface area contributed by atoms with E-state index >= 15 is 0 Å². The van der Waals surface area contributed by atoms with Gasteiger partial charge in [0.1, 0.15) is 18.3 Å². The SMILES string of the molecule is CCCCNC(=O)[C@H](Cc1ccccc1)N(Cc1cccc(Cl)c1)C(=O)CN(c1ccc(OC)c(Cl)c1)S(=O)(=O)c1ccccc1. The number of ether oxygens (including phenoxy) is 1. The molecule has 0 radical (unpaired) electrons. The summed E-state index contributed by atoms with van der Waals surface area (Å²) < 4.78 is 34.5. The second kappa shape index (κ2) is 16.5. The van der Waals surface area contributed by atoms with Crippen molar-refractivity contribution < 1.29 is 22.7 Å². The van der Waals surface area contributed by atoms with Crippen molar-refractivity contribution in [3.8, 4) is 5.75 Å². The fraction of sp³-hybridized carbons (Fsp3) is 0.257. The van der Waals surface area contributed by atoms with Crippen molar-refractivity contribution in [1.29, 1.82) is 0 Å². The number of amides is 2. The average Bonchev–Trinajstić information content (AvgIpc) is 3.06. The monoisotopic (exact) mass is 681 g/mol. The summed E-state index contributed by atoms with van der Waals surface area (Å²) in [4.78, 5) is 29.8. The lowest BCUT2D eigenvalue weighted by Crippen LogP contribution is -2.53. The van der Waals surface area contributed by atoms with Gasteiger partial charge in [0.25, 0.3) is 10.0 Å². The average molecular weight is 683 g/mol. The number of carbonyl (C=O) groups is 2. The van der Waals surface area contributed by atoms with Crippen LogP contribution in [-0.4, -0.2) is 51.4 Å². The molecule has 46 heavy (non-hydrogen) atoms. The molecule has 8 nitrogen and oxygen atoms in total. The molecule has 0 bridgehead atoms. The van der Waals surface area contributed by atoms with E-state index < -0.39 is 28.5 Å². The van der Waals surface area contributed by atoms with Crippen LogP contribution in [0.25, 0.3) is 0 Å². The summed E-state index contributed by atoms with van der Waals surface area (Å²) in [5, 5.41) is 3.62. The maximum absolute atomic E-state index is 14.5. The number of unbranched alkanes of at least 4 members (excludes halogenated alkanes) is 1. The predicted octanol–water partition coefficient (Wildman–Crippen LogP) is 6.75. The minimum atomic E-state index is -4.26. The van der Waals surface area contributed by atoms with Crippen LogP contribution in [0.4, 0.5) is 5.69 Å². The maximum Gasteiger partial charge on any atom is 0.264 e. The Morgan fingerprint density at radius 2 is 1.54 bits per heavy atom. The molecule has 242 valence electrons. The number of anilines is 1. The van der Waals surface area contributed by atoms with Gasteiger partial charge in [0.05, 0.1) is 22.7 Å². The van der Waals surface area contributed by atoms with Crippen molar-refractivity contribution >= 4 is 50.7 Å². The van der Waals surface area contributed by atoms with Gasteiger partial charge in [0.15, 0.2) is 0 Å². The molecular formula is C35H37Cl2N3O5S. The summed E-state index contributed by atoms with van der Waals surface area (Å²) in [5.74, 6) is -0.571. The molecule has 0 aliphatic carbocycles. The first kappa shape index (κ1) is 34.8. The second-order valence-electron chi connectivity index (χ2n) is 10.6. The van der Waals surface area contributed by atoms with Gasteiger partial charge < -0.3 is 15.0 Å². The lowest BCUT2D eigenvalue weighted by molar-refractivity contribution is -0.140. The number of methoxy groups -OCH3 is 1. The third-order valence-electron chi connectivity index (χ3n) is 7.38. The number of nitrogens with one attached hydrogen (secondary N) is 1. The first-order chi connectivity index (χ1) is 22.1. The van der Waals surface area contributed by atoms with Crippen LogP contribution in [0, 0.1) is 0 Å². The van der Waals surface area contributed by atoms with Crippen molar-refractivity contribution in [2.24, 2.45) is 0 Å². The number of halogens is 2. The first-order valence-corrected chi connectivity index (χ1v) is 17.1. The smallest absolute Gasteiger partial charge is 0.264 e. The van der Waals surface area contributed by atoms with Gasteiger partial charge in [-0.05, 0) is 60.0 Å². The van der Waals surface area contributed by atoms with Gasteiger partial charge in [-0.15, -0.1) is 0 Å².